The van der Waals surface area contributed by atoms with Gasteiger partial charge in [-0.05, 0) is 30.3 Å². The Labute approximate surface area is 172 Å². The third kappa shape index (κ3) is 4.77. The number of rotatable bonds is 5. The van der Waals surface area contributed by atoms with Crippen LogP contribution < -0.4 is 5.32 Å². The second kappa shape index (κ2) is 8.70. The van der Waals surface area contributed by atoms with Gasteiger partial charge in [0.05, 0.1) is 6.54 Å². The zero-order valence-corrected chi connectivity index (χ0v) is 16.6. The first kappa shape index (κ1) is 19.6. The summed E-state index contributed by atoms with van der Waals surface area (Å²) in [5.41, 5.74) is 2.42. The Morgan fingerprint density at radius 1 is 1.25 bits per heavy atom. The molecule has 0 radical (unpaired) electrons. The Morgan fingerprint density at radius 2 is 2.00 bits per heavy atom. The van der Waals surface area contributed by atoms with Crippen molar-refractivity contribution in [2.45, 2.75) is 0 Å². The first-order chi connectivity index (χ1) is 13.5. The van der Waals surface area contributed by atoms with Gasteiger partial charge in [0.25, 0.3) is 5.91 Å². The number of likely N-dealkylation sites (N-methyl/N-ethyl adjacent to an activating group) is 1. The number of nitrogens with zero attached hydrogens (tertiary/aromatic N) is 2. The zero-order valence-electron chi connectivity index (χ0n) is 15.0. The number of carbonyl (C=O) groups is 2. The highest BCUT2D eigenvalue weighted by molar-refractivity contribution is 7.13. The van der Waals surface area contributed by atoms with Gasteiger partial charge in [0.1, 0.15) is 10.7 Å². The second-order valence-corrected chi connectivity index (χ2v) is 7.27. The zero-order chi connectivity index (χ0) is 20.1. The summed E-state index contributed by atoms with van der Waals surface area (Å²) in [4.78, 5) is 30.5. The minimum Gasteiger partial charge on any atom is -0.331 e. The molecule has 5 nitrogen and oxygen atoms in total. The number of benzene rings is 2. The predicted molar refractivity (Wildman–Crippen MR) is 113 cm³/mol. The predicted octanol–water partition coefficient (Wildman–Crippen LogP) is 4.16. The van der Waals surface area contributed by atoms with Crippen molar-refractivity contribution < 1.29 is 9.59 Å². The number of anilines is 1. The van der Waals surface area contributed by atoms with Gasteiger partial charge in [-0.1, -0.05) is 35.7 Å². The summed E-state index contributed by atoms with van der Waals surface area (Å²) < 4.78 is 0. The van der Waals surface area contributed by atoms with E-state index in [1.165, 1.54) is 16.2 Å². The van der Waals surface area contributed by atoms with Crippen LogP contribution in [-0.2, 0) is 4.79 Å². The molecule has 2 amide bonds. The molecule has 1 aromatic heterocycles. The Balaban J connectivity index is 1.63. The van der Waals surface area contributed by atoms with E-state index in [-0.39, 0.29) is 18.4 Å². The number of halogens is 1. The molecule has 7 heteroatoms. The first-order valence-electron chi connectivity index (χ1n) is 8.29. The van der Waals surface area contributed by atoms with Gasteiger partial charge in [0.2, 0.25) is 5.91 Å². The van der Waals surface area contributed by atoms with Crippen molar-refractivity contribution >= 4 is 40.4 Å². The number of nitrogens with one attached hydrogen (secondary N) is 1. The third-order valence-corrected chi connectivity index (χ3v) is 5.00. The second-order valence-electron chi connectivity index (χ2n) is 5.98. The highest BCUT2D eigenvalue weighted by atomic mass is 35.5. The molecule has 28 heavy (non-hydrogen) atoms. The van der Waals surface area contributed by atoms with Gasteiger partial charge in [-0.3, -0.25) is 9.59 Å². The quantitative estimate of drug-likeness (QED) is 0.644. The highest BCUT2D eigenvalue weighted by Gasteiger charge is 2.18. The fraction of sp³-hybridized carbons (Fsp3) is 0.0952. The SMILES string of the molecule is C#Cc1cccc(NC(=O)CN(C)C(=O)c2csc(-c3ccc(Cl)cc3)n2)c1. The standard InChI is InChI=1S/C21H16ClN3O2S/c1-3-14-5-4-6-17(11-14)23-19(26)12-25(2)21(27)18-13-28-20(24-18)15-7-9-16(22)10-8-15/h1,4-11,13H,12H2,2H3,(H,23,26). The largest absolute Gasteiger partial charge is 0.331 e. The summed E-state index contributed by atoms with van der Waals surface area (Å²) in [5.74, 6) is 1.86. The molecule has 0 fully saturated rings. The lowest BCUT2D eigenvalue weighted by Crippen LogP contribution is -2.35. The minimum atomic E-state index is -0.330. The summed E-state index contributed by atoms with van der Waals surface area (Å²) >= 11 is 7.25. The van der Waals surface area contributed by atoms with E-state index < -0.39 is 0 Å². The van der Waals surface area contributed by atoms with Gasteiger partial charge in [-0.25, -0.2) is 4.98 Å². The third-order valence-electron chi connectivity index (χ3n) is 3.85. The highest BCUT2D eigenvalue weighted by Crippen LogP contribution is 2.25. The van der Waals surface area contributed by atoms with E-state index in [1.54, 1.807) is 48.8 Å². The number of hydrogen-bond acceptors (Lipinski definition) is 4. The van der Waals surface area contributed by atoms with Crippen molar-refractivity contribution in [2.75, 3.05) is 18.9 Å². The summed E-state index contributed by atoms with van der Waals surface area (Å²) in [6, 6.07) is 14.2. The van der Waals surface area contributed by atoms with Crippen LogP contribution >= 0.6 is 22.9 Å². The van der Waals surface area contributed by atoms with Gasteiger partial charge in [-0.15, -0.1) is 17.8 Å². The molecule has 3 aromatic rings. The minimum absolute atomic E-state index is 0.104. The fourth-order valence-corrected chi connectivity index (χ4v) is 3.39. The van der Waals surface area contributed by atoms with Gasteiger partial charge in [0.15, 0.2) is 0 Å². The fourth-order valence-electron chi connectivity index (χ4n) is 2.47. The van der Waals surface area contributed by atoms with E-state index in [0.717, 1.165) is 5.56 Å². The van der Waals surface area contributed by atoms with Crippen LogP contribution in [0.3, 0.4) is 0 Å². The van der Waals surface area contributed by atoms with Crippen molar-refractivity contribution in [3.63, 3.8) is 0 Å². The smallest absolute Gasteiger partial charge is 0.273 e. The van der Waals surface area contributed by atoms with E-state index in [1.807, 2.05) is 12.1 Å². The monoisotopic (exact) mass is 409 g/mol. The molecule has 0 saturated carbocycles. The maximum absolute atomic E-state index is 12.6. The van der Waals surface area contributed by atoms with Gasteiger partial charge in [-0.2, -0.15) is 0 Å². The van der Waals surface area contributed by atoms with Crippen molar-refractivity contribution in [1.82, 2.24) is 9.88 Å². The molecular weight excluding hydrogens is 394 g/mol. The van der Waals surface area contributed by atoms with Crippen molar-refractivity contribution in [2.24, 2.45) is 0 Å². The van der Waals surface area contributed by atoms with Crippen molar-refractivity contribution in [3.8, 4) is 22.9 Å². The van der Waals surface area contributed by atoms with Crippen LogP contribution in [-0.4, -0.2) is 35.3 Å². The summed E-state index contributed by atoms with van der Waals surface area (Å²) in [6.07, 6.45) is 5.36. The molecule has 0 spiro atoms. The molecule has 0 aliphatic carbocycles. The van der Waals surface area contributed by atoms with Crippen LogP contribution in [0.2, 0.25) is 5.02 Å². The molecule has 3 rings (SSSR count). The number of carbonyl (C=O) groups excluding carboxylic acids is 2. The van der Waals surface area contributed by atoms with Crippen LogP contribution in [0.15, 0.2) is 53.9 Å². The van der Waals surface area contributed by atoms with Gasteiger partial charge >= 0.3 is 0 Å². The van der Waals surface area contributed by atoms with Crippen molar-refractivity contribution in [3.05, 3.63) is 70.2 Å². The molecule has 0 aliphatic heterocycles. The van der Waals surface area contributed by atoms with Crippen LogP contribution in [0, 0.1) is 12.3 Å². The van der Waals surface area contributed by atoms with E-state index in [2.05, 4.69) is 16.2 Å². The van der Waals surface area contributed by atoms with Gasteiger partial charge in [0, 0.05) is 34.3 Å². The lowest BCUT2D eigenvalue weighted by Gasteiger charge is -2.15. The topological polar surface area (TPSA) is 62.3 Å². The summed E-state index contributed by atoms with van der Waals surface area (Å²) in [6.45, 7) is -0.104. The average molecular weight is 410 g/mol. The molecule has 0 atom stereocenters. The molecule has 0 bridgehead atoms. The number of aromatic nitrogens is 1. The Kier molecular flexibility index (Phi) is 6.09. The van der Waals surface area contributed by atoms with E-state index in [4.69, 9.17) is 18.0 Å². The van der Waals surface area contributed by atoms with E-state index in [0.29, 0.717) is 27.0 Å². The normalized spacial score (nSPS) is 10.2. The summed E-state index contributed by atoms with van der Waals surface area (Å²) in [7, 11) is 1.56. The summed E-state index contributed by atoms with van der Waals surface area (Å²) in [5, 5.41) is 5.76. The maximum atomic E-state index is 12.6. The molecule has 1 N–H and O–H groups in total. The van der Waals surface area contributed by atoms with Crippen LogP contribution in [0.1, 0.15) is 16.1 Å². The van der Waals surface area contributed by atoms with Crippen molar-refractivity contribution in [1.29, 1.82) is 0 Å². The Morgan fingerprint density at radius 3 is 2.71 bits per heavy atom. The molecular formula is C21H16ClN3O2S. The van der Waals surface area contributed by atoms with Crippen LogP contribution in [0.25, 0.3) is 10.6 Å². The molecule has 0 unspecified atom stereocenters. The van der Waals surface area contributed by atoms with Crippen LogP contribution in [0.5, 0.6) is 0 Å². The molecule has 1 heterocycles. The lowest BCUT2D eigenvalue weighted by molar-refractivity contribution is -0.116. The molecule has 2 aromatic carbocycles. The van der Waals surface area contributed by atoms with Crippen LogP contribution in [0.4, 0.5) is 5.69 Å². The molecule has 0 aliphatic rings. The lowest BCUT2D eigenvalue weighted by atomic mass is 10.2. The molecule has 0 saturated heterocycles. The first-order valence-corrected chi connectivity index (χ1v) is 9.55. The number of amides is 2. The number of terminal acetylenes is 1. The number of thiazole rings is 1. The van der Waals surface area contributed by atoms with E-state index in [9.17, 15) is 9.59 Å². The average Bonchev–Trinajstić information content (AvgIpc) is 3.18. The molecule has 140 valence electrons. The van der Waals surface area contributed by atoms with Gasteiger partial charge < -0.3 is 10.2 Å². The Hall–Kier alpha value is -3.14. The Bertz CT molecular complexity index is 1050. The van der Waals surface area contributed by atoms with E-state index >= 15 is 0 Å². The maximum Gasteiger partial charge on any atom is 0.273 e. The number of hydrogen-bond donors (Lipinski definition) is 1.